The summed E-state index contributed by atoms with van der Waals surface area (Å²) in [7, 11) is 1.99. The van der Waals surface area contributed by atoms with Crippen molar-refractivity contribution in [3.8, 4) is 0 Å². The van der Waals surface area contributed by atoms with Gasteiger partial charge in [0.2, 0.25) is 0 Å². The van der Waals surface area contributed by atoms with Crippen LogP contribution < -0.4 is 0 Å². The average molecular weight is 233 g/mol. The van der Waals surface area contributed by atoms with Crippen molar-refractivity contribution < 1.29 is 4.79 Å². The molecule has 0 amide bonds. The highest BCUT2D eigenvalue weighted by Crippen LogP contribution is 2.33. The summed E-state index contributed by atoms with van der Waals surface area (Å²) in [6.07, 6.45) is 7.01. The highest BCUT2D eigenvalue weighted by molar-refractivity contribution is 5.80. The van der Waals surface area contributed by atoms with Crippen LogP contribution in [0.25, 0.3) is 0 Å². The van der Waals surface area contributed by atoms with Crippen LogP contribution in [0.2, 0.25) is 0 Å². The van der Waals surface area contributed by atoms with Gasteiger partial charge in [-0.15, -0.1) is 0 Å². The number of ketones is 1. The number of Topliss-reactive ketones (excluding diaryl/α,β-unsaturated/α-hetero) is 1. The lowest BCUT2D eigenvalue weighted by Crippen LogP contribution is -2.51. The third kappa shape index (κ3) is 2.02. The predicted octanol–water partition coefficient (Wildman–Crippen LogP) is 1.51. The topological polar surface area (TPSA) is 38.1 Å². The Morgan fingerprint density at radius 1 is 1.35 bits per heavy atom. The number of aromatic nitrogens is 2. The maximum absolute atomic E-state index is 11.6. The molecular formula is C13H19N3O. The van der Waals surface area contributed by atoms with Gasteiger partial charge in [-0.05, 0) is 18.9 Å². The number of carbonyl (C=O) groups excluding carboxylic acids is 1. The van der Waals surface area contributed by atoms with Crippen LogP contribution in [0.15, 0.2) is 12.3 Å². The molecule has 0 aliphatic carbocycles. The van der Waals surface area contributed by atoms with Gasteiger partial charge >= 0.3 is 0 Å². The Kier molecular flexibility index (Phi) is 2.74. The van der Waals surface area contributed by atoms with Crippen molar-refractivity contribution in [1.82, 2.24) is 14.7 Å². The summed E-state index contributed by atoms with van der Waals surface area (Å²) in [5.74, 6) is 0.459. The monoisotopic (exact) mass is 233 g/mol. The number of fused-ring (bicyclic) bond motifs is 2. The van der Waals surface area contributed by atoms with Crippen LogP contribution >= 0.6 is 0 Å². The van der Waals surface area contributed by atoms with Crippen molar-refractivity contribution in [1.29, 1.82) is 0 Å². The first-order chi connectivity index (χ1) is 8.24. The first kappa shape index (κ1) is 11.0. The van der Waals surface area contributed by atoms with E-state index in [1.807, 2.05) is 17.9 Å². The van der Waals surface area contributed by atoms with Gasteiger partial charge in [-0.1, -0.05) is 6.42 Å². The van der Waals surface area contributed by atoms with Gasteiger partial charge in [-0.3, -0.25) is 14.4 Å². The van der Waals surface area contributed by atoms with Crippen LogP contribution in [0.5, 0.6) is 0 Å². The molecule has 0 saturated carbocycles. The van der Waals surface area contributed by atoms with Gasteiger partial charge < -0.3 is 0 Å². The number of aryl methyl sites for hydroxylation is 1. The van der Waals surface area contributed by atoms with Gasteiger partial charge in [0.15, 0.2) is 0 Å². The largest absolute Gasteiger partial charge is 0.300 e. The van der Waals surface area contributed by atoms with E-state index in [-0.39, 0.29) is 0 Å². The molecule has 0 spiro atoms. The molecule has 92 valence electrons. The van der Waals surface area contributed by atoms with Gasteiger partial charge in [-0.2, -0.15) is 5.10 Å². The Balaban J connectivity index is 1.78. The normalized spacial score (nSPS) is 29.6. The molecular weight excluding hydrogens is 214 g/mol. The van der Waals surface area contributed by atoms with Gasteiger partial charge in [0.1, 0.15) is 5.78 Å². The highest BCUT2D eigenvalue weighted by atomic mass is 16.1. The van der Waals surface area contributed by atoms with Crippen LogP contribution in [-0.2, 0) is 18.4 Å². The minimum absolute atomic E-state index is 0.459. The molecule has 0 N–H and O–H groups in total. The standard InChI is InChI=1S/C13H19N3O/c1-15-12(5-6-14-15)9-16-10-3-2-4-11(16)8-13(17)7-10/h5-6,10-11H,2-4,7-9H2,1H3. The maximum Gasteiger partial charge on any atom is 0.136 e. The lowest BCUT2D eigenvalue weighted by molar-refractivity contribution is -0.127. The molecule has 2 atom stereocenters. The molecule has 4 heteroatoms. The van der Waals surface area contributed by atoms with E-state index in [4.69, 9.17) is 0 Å². The number of hydrogen-bond donors (Lipinski definition) is 0. The Morgan fingerprint density at radius 2 is 2.06 bits per heavy atom. The molecule has 2 aliphatic heterocycles. The summed E-state index contributed by atoms with van der Waals surface area (Å²) in [6, 6.07) is 3.03. The van der Waals surface area contributed by atoms with E-state index in [0.29, 0.717) is 17.9 Å². The average Bonchev–Trinajstić information content (AvgIpc) is 2.66. The van der Waals surface area contributed by atoms with Gasteiger partial charge in [0.05, 0.1) is 5.69 Å². The highest BCUT2D eigenvalue weighted by Gasteiger charge is 2.37. The lowest BCUT2D eigenvalue weighted by Gasteiger charge is -2.45. The molecule has 0 aromatic carbocycles. The summed E-state index contributed by atoms with van der Waals surface area (Å²) in [6.45, 7) is 0.944. The molecule has 17 heavy (non-hydrogen) atoms. The summed E-state index contributed by atoms with van der Waals surface area (Å²) in [5.41, 5.74) is 1.25. The van der Waals surface area contributed by atoms with E-state index in [0.717, 1.165) is 19.4 Å². The molecule has 2 unspecified atom stereocenters. The van der Waals surface area contributed by atoms with Gasteiger partial charge in [0.25, 0.3) is 0 Å². The molecule has 0 radical (unpaired) electrons. The zero-order valence-electron chi connectivity index (χ0n) is 10.3. The zero-order chi connectivity index (χ0) is 11.8. The SMILES string of the molecule is Cn1nccc1CN1C2CCCC1CC(=O)C2. The second kappa shape index (κ2) is 4.26. The van der Waals surface area contributed by atoms with Crippen LogP contribution in [-0.4, -0.2) is 32.5 Å². The molecule has 2 fully saturated rings. The molecule has 3 heterocycles. The van der Waals surface area contributed by atoms with Gasteiger partial charge in [-0.25, -0.2) is 0 Å². The molecule has 3 rings (SSSR count). The Bertz CT molecular complexity index is 410. The van der Waals surface area contributed by atoms with Crippen molar-refractivity contribution in [2.24, 2.45) is 7.05 Å². The van der Waals surface area contributed by atoms with Crippen LogP contribution in [0.1, 0.15) is 37.8 Å². The number of hydrogen-bond acceptors (Lipinski definition) is 3. The molecule has 1 aromatic heterocycles. The first-order valence-corrected chi connectivity index (χ1v) is 6.48. The summed E-state index contributed by atoms with van der Waals surface area (Å²) in [4.78, 5) is 14.2. The van der Waals surface area contributed by atoms with Crippen molar-refractivity contribution in [3.63, 3.8) is 0 Å². The van der Waals surface area contributed by atoms with Crippen molar-refractivity contribution in [3.05, 3.63) is 18.0 Å². The van der Waals surface area contributed by atoms with Crippen LogP contribution in [0.3, 0.4) is 0 Å². The fourth-order valence-electron chi connectivity index (χ4n) is 3.27. The molecule has 2 aliphatic rings. The number of nitrogens with zero attached hydrogens (tertiary/aromatic N) is 3. The zero-order valence-corrected chi connectivity index (χ0v) is 10.3. The minimum atomic E-state index is 0.459. The van der Waals surface area contributed by atoms with Crippen LogP contribution in [0, 0.1) is 0 Å². The fraction of sp³-hybridized carbons (Fsp3) is 0.692. The van der Waals surface area contributed by atoms with E-state index >= 15 is 0 Å². The Labute approximate surface area is 102 Å². The molecule has 2 bridgehead atoms. The fourth-order valence-corrected chi connectivity index (χ4v) is 3.27. The summed E-state index contributed by atoms with van der Waals surface area (Å²) in [5, 5.41) is 4.21. The van der Waals surface area contributed by atoms with E-state index in [2.05, 4.69) is 16.1 Å². The van der Waals surface area contributed by atoms with Gasteiger partial charge in [0, 0.05) is 44.7 Å². The first-order valence-electron chi connectivity index (χ1n) is 6.48. The second-order valence-electron chi connectivity index (χ2n) is 5.30. The second-order valence-corrected chi connectivity index (χ2v) is 5.30. The minimum Gasteiger partial charge on any atom is -0.300 e. The lowest BCUT2D eigenvalue weighted by atomic mass is 9.83. The Hall–Kier alpha value is -1.16. The quantitative estimate of drug-likeness (QED) is 0.777. The van der Waals surface area contributed by atoms with E-state index in [9.17, 15) is 4.79 Å². The summed E-state index contributed by atoms with van der Waals surface area (Å²) < 4.78 is 1.94. The van der Waals surface area contributed by atoms with Crippen molar-refractivity contribution in [2.45, 2.75) is 50.7 Å². The molecule has 4 nitrogen and oxygen atoms in total. The maximum atomic E-state index is 11.6. The smallest absolute Gasteiger partial charge is 0.136 e. The molecule has 1 aromatic rings. The van der Waals surface area contributed by atoms with Crippen molar-refractivity contribution >= 4 is 5.78 Å². The predicted molar refractivity (Wildman–Crippen MR) is 64.4 cm³/mol. The third-order valence-corrected chi connectivity index (χ3v) is 4.21. The number of piperidine rings is 2. The van der Waals surface area contributed by atoms with E-state index in [1.165, 1.54) is 25.0 Å². The Morgan fingerprint density at radius 3 is 2.65 bits per heavy atom. The van der Waals surface area contributed by atoms with Crippen molar-refractivity contribution in [2.75, 3.05) is 0 Å². The van der Waals surface area contributed by atoms with E-state index < -0.39 is 0 Å². The number of carbonyl (C=O) groups is 1. The number of rotatable bonds is 2. The molecule has 2 saturated heterocycles. The van der Waals surface area contributed by atoms with Crippen LogP contribution in [0.4, 0.5) is 0 Å². The van der Waals surface area contributed by atoms with E-state index in [1.54, 1.807) is 0 Å². The third-order valence-electron chi connectivity index (χ3n) is 4.21. The summed E-state index contributed by atoms with van der Waals surface area (Å²) >= 11 is 0.